The molecule has 0 aliphatic rings. The third kappa shape index (κ3) is 2.78. The van der Waals surface area contributed by atoms with Gasteiger partial charge in [0.05, 0.1) is 17.9 Å². The summed E-state index contributed by atoms with van der Waals surface area (Å²) in [5, 5.41) is 2.94. The Bertz CT molecular complexity index is 575. The normalized spacial score (nSPS) is 12.1. The van der Waals surface area contributed by atoms with Crippen LogP contribution in [-0.4, -0.2) is 5.91 Å². The fourth-order valence-electron chi connectivity index (χ4n) is 2.07. The molecule has 0 aliphatic heterocycles. The number of nitrogens with two attached hydrogens (primary N) is 1. The molecule has 1 unspecified atom stereocenters. The lowest BCUT2D eigenvalue weighted by Gasteiger charge is -2.16. The summed E-state index contributed by atoms with van der Waals surface area (Å²) in [6, 6.07) is 9.06. The highest BCUT2D eigenvalue weighted by Gasteiger charge is 2.17. The Labute approximate surface area is 112 Å². The Kier molecular flexibility index (Phi) is 3.90. The summed E-state index contributed by atoms with van der Waals surface area (Å²) >= 11 is 0. The van der Waals surface area contributed by atoms with Crippen molar-refractivity contribution in [3.05, 3.63) is 53.5 Å². The number of rotatable bonds is 4. The second-order valence-corrected chi connectivity index (χ2v) is 4.44. The van der Waals surface area contributed by atoms with E-state index in [-0.39, 0.29) is 11.9 Å². The number of carbonyl (C=O) groups excluding carboxylic acids is 1. The van der Waals surface area contributed by atoms with Gasteiger partial charge in [0.2, 0.25) is 0 Å². The minimum atomic E-state index is -0.145. The van der Waals surface area contributed by atoms with Crippen molar-refractivity contribution in [1.29, 1.82) is 0 Å². The summed E-state index contributed by atoms with van der Waals surface area (Å²) in [5.41, 5.74) is 8.08. The van der Waals surface area contributed by atoms with Crippen LogP contribution >= 0.6 is 0 Å². The lowest BCUT2D eigenvalue weighted by atomic mass is 10.1. The van der Waals surface area contributed by atoms with Gasteiger partial charge in [-0.25, -0.2) is 0 Å². The molecule has 0 saturated heterocycles. The Morgan fingerprint density at radius 2 is 2.11 bits per heavy atom. The van der Waals surface area contributed by atoms with Crippen LogP contribution in [0.5, 0.6) is 0 Å². The maximum absolute atomic E-state index is 12.2. The Balaban J connectivity index is 2.13. The predicted octanol–water partition coefficient (Wildman–Crippen LogP) is 2.92. The number of amides is 1. The fraction of sp³-hybridized carbons (Fsp3) is 0.267. The van der Waals surface area contributed by atoms with Crippen molar-refractivity contribution >= 4 is 11.6 Å². The molecule has 2 rings (SSSR count). The zero-order valence-corrected chi connectivity index (χ0v) is 11.1. The van der Waals surface area contributed by atoms with Crippen molar-refractivity contribution in [3.8, 4) is 0 Å². The van der Waals surface area contributed by atoms with E-state index in [4.69, 9.17) is 10.2 Å². The smallest absolute Gasteiger partial charge is 0.255 e. The minimum Gasteiger partial charge on any atom is -0.469 e. The lowest BCUT2D eigenvalue weighted by Crippen LogP contribution is -2.27. The first kappa shape index (κ1) is 13.2. The van der Waals surface area contributed by atoms with Gasteiger partial charge in [-0.15, -0.1) is 0 Å². The number of carbonyl (C=O) groups is 1. The topological polar surface area (TPSA) is 68.3 Å². The third-order valence-electron chi connectivity index (χ3n) is 3.12. The van der Waals surface area contributed by atoms with E-state index in [1.807, 2.05) is 38.1 Å². The highest BCUT2D eigenvalue weighted by Crippen LogP contribution is 2.20. The summed E-state index contributed by atoms with van der Waals surface area (Å²) < 4.78 is 5.26. The molecule has 0 fully saturated rings. The van der Waals surface area contributed by atoms with Gasteiger partial charge in [0.1, 0.15) is 5.76 Å². The van der Waals surface area contributed by atoms with Crippen LogP contribution in [0.25, 0.3) is 0 Å². The van der Waals surface area contributed by atoms with Crippen LogP contribution in [-0.2, 0) is 6.42 Å². The van der Waals surface area contributed by atoms with Gasteiger partial charge in [-0.3, -0.25) is 4.79 Å². The first-order valence-corrected chi connectivity index (χ1v) is 6.35. The Morgan fingerprint density at radius 1 is 1.37 bits per heavy atom. The van der Waals surface area contributed by atoms with E-state index >= 15 is 0 Å². The number of aryl methyl sites for hydroxylation is 1. The molecule has 2 aromatic rings. The second kappa shape index (κ2) is 5.61. The molecule has 0 spiro atoms. The third-order valence-corrected chi connectivity index (χ3v) is 3.12. The molecule has 0 aliphatic carbocycles. The van der Waals surface area contributed by atoms with Crippen LogP contribution in [0.3, 0.4) is 0 Å². The molecular weight excluding hydrogens is 240 g/mol. The number of benzene rings is 1. The van der Waals surface area contributed by atoms with E-state index < -0.39 is 0 Å². The monoisotopic (exact) mass is 258 g/mol. The van der Waals surface area contributed by atoms with E-state index in [1.54, 1.807) is 6.07 Å². The van der Waals surface area contributed by atoms with Gasteiger partial charge in [0.15, 0.2) is 0 Å². The van der Waals surface area contributed by atoms with Gasteiger partial charge in [-0.2, -0.15) is 0 Å². The highest BCUT2D eigenvalue weighted by molar-refractivity contribution is 5.95. The lowest BCUT2D eigenvalue weighted by molar-refractivity contribution is 0.0938. The Morgan fingerprint density at radius 3 is 2.79 bits per heavy atom. The molecule has 1 aromatic heterocycles. The number of hydrogen-bond donors (Lipinski definition) is 2. The number of furan rings is 1. The van der Waals surface area contributed by atoms with Crippen molar-refractivity contribution in [3.63, 3.8) is 0 Å². The molecule has 0 bridgehead atoms. The van der Waals surface area contributed by atoms with Gasteiger partial charge in [-0.1, -0.05) is 25.1 Å². The van der Waals surface area contributed by atoms with Gasteiger partial charge >= 0.3 is 0 Å². The van der Waals surface area contributed by atoms with E-state index in [2.05, 4.69) is 5.32 Å². The SMILES string of the molecule is CCc1occc1C(=O)NC(C)c1ccccc1N. The van der Waals surface area contributed by atoms with E-state index in [0.29, 0.717) is 23.4 Å². The van der Waals surface area contributed by atoms with Crippen molar-refractivity contribution in [1.82, 2.24) is 5.32 Å². The van der Waals surface area contributed by atoms with Crippen LogP contribution in [0.2, 0.25) is 0 Å². The zero-order valence-electron chi connectivity index (χ0n) is 11.1. The molecule has 19 heavy (non-hydrogen) atoms. The largest absolute Gasteiger partial charge is 0.469 e. The Hall–Kier alpha value is -2.23. The fourth-order valence-corrected chi connectivity index (χ4v) is 2.07. The molecule has 0 radical (unpaired) electrons. The molecule has 0 saturated carbocycles. The standard InChI is InChI=1S/C15H18N2O2/c1-3-14-12(8-9-19-14)15(18)17-10(2)11-6-4-5-7-13(11)16/h4-10H,3,16H2,1-2H3,(H,17,18). The number of nitrogens with one attached hydrogen (secondary N) is 1. The average Bonchev–Trinajstić information content (AvgIpc) is 2.87. The van der Waals surface area contributed by atoms with Crippen molar-refractivity contribution in [2.24, 2.45) is 0 Å². The predicted molar refractivity (Wildman–Crippen MR) is 74.8 cm³/mol. The van der Waals surface area contributed by atoms with E-state index in [9.17, 15) is 4.79 Å². The van der Waals surface area contributed by atoms with Crippen LogP contribution in [0.1, 0.15) is 41.6 Å². The molecular formula is C15H18N2O2. The summed E-state index contributed by atoms with van der Waals surface area (Å²) in [4.78, 5) is 12.2. The summed E-state index contributed by atoms with van der Waals surface area (Å²) in [6.07, 6.45) is 2.23. The van der Waals surface area contributed by atoms with E-state index in [0.717, 1.165) is 5.56 Å². The van der Waals surface area contributed by atoms with Crippen LogP contribution in [0.4, 0.5) is 5.69 Å². The van der Waals surface area contributed by atoms with E-state index in [1.165, 1.54) is 6.26 Å². The van der Waals surface area contributed by atoms with Crippen LogP contribution in [0.15, 0.2) is 41.0 Å². The second-order valence-electron chi connectivity index (χ2n) is 4.44. The first-order chi connectivity index (χ1) is 9.13. The summed E-state index contributed by atoms with van der Waals surface area (Å²) in [7, 11) is 0. The first-order valence-electron chi connectivity index (χ1n) is 6.35. The van der Waals surface area contributed by atoms with Gasteiger partial charge in [-0.05, 0) is 24.6 Å². The van der Waals surface area contributed by atoms with Crippen molar-refractivity contribution in [2.75, 3.05) is 5.73 Å². The minimum absolute atomic E-state index is 0.138. The number of para-hydroxylation sites is 1. The maximum Gasteiger partial charge on any atom is 0.255 e. The molecule has 4 heteroatoms. The quantitative estimate of drug-likeness (QED) is 0.828. The molecule has 3 N–H and O–H groups in total. The highest BCUT2D eigenvalue weighted by atomic mass is 16.3. The number of hydrogen-bond acceptors (Lipinski definition) is 3. The van der Waals surface area contributed by atoms with Crippen LogP contribution < -0.4 is 11.1 Å². The molecule has 1 heterocycles. The number of nitrogen functional groups attached to an aromatic ring is 1. The molecule has 100 valence electrons. The molecule has 1 aromatic carbocycles. The van der Waals surface area contributed by atoms with Crippen molar-refractivity contribution < 1.29 is 9.21 Å². The summed E-state index contributed by atoms with van der Waals surface area (Å²) in [5.74, 6) is 0.562. The zero-order chi connectivity index (χ0) is 13.8. The van der Waals surface area contributed by atoms with Gasteiger partial charge < -0.3 is 15.5 Å². The number of anilines is 1. The molecule has 1 atom stereocenters. The molecule has 1 amide bonds. The van der Waals surface area contributed by atoms with Crippen LogP contribution in [0, 0.1) is 0 Å². The summed E-state index contributed by atoms with van der Waals surface area (Å²) in [6.45, 7) is 3.86. The van der Waals surface area contributed by atoms with Gasteiger partial charge in [0.25, 0.3) is 5.91 Å². The maximum atomic E-state index is 12.2. The average molecular weight is 258 g/mol. The molecule has 4 nitrogen and oxygen atoms in total. The van der Waals surface area contributed by atoms with Crippen molar-refractivity contribution in [2.45, 2.75) is 26.3 Å². The van der Waals surface area contributed by atoms with Gasteiger partial charge in [0, 0.05) is 12.1 Å².